The van der Waals surface area contributed by atoms with E-state index in [2.05, 4.69) is 38.2 Å². The van der Waals surface area contributed by atoms with E-state index < -0.39 is 0 Å². The largest absolute Gasteiger partial charge is 0.0847 e. The average molecular weight is 421 g/mol. The van der Waals surface area contributed by atoms with E-state index in [0.29, 0.717) is 0 Å². The molecule has 0 bridgehead atoms. The van der Waals surface area contributed by atoms with Crippen molar-refractivity contribution in [3.05, 3.63) is 24.3 Å². The third kappa shape index (κ3) is 15.8. The maximum Gasteiger partial charge on any atom is 0.0327 e. The van der Waals surface area contributed by atoms with Crippen molar-refractivity contribution in [3.63, 3.8) is 0 Å². The maximum absolute atomic E-state index is 2.60. The normalized spacial score (nSPS) is 19.6. The van der Waals surface area contributed by atoms with Crippen LogP contribution in [0.4, 0.5) is 0 Å². The minimum absolute atomic E-state index is 0.0974. The standard InChI is InChI=1S/C26H52Si2/c1-3-5-7-9-11-13-15-17-23-27-25-19-21-26(22-20-25)28-24-18-16-14-12-10-8-6-4-2/h19-22,25-26H,3-18,23-24,27-28H2,1-2H3. The smallest absolute Gasteiger partial charge is 0.0327 e. The summed E-state index contributed by atoms with van der Waals surface area (Å²) in [5, 5.41) is 0. The first-order chi connectivity index (χ1) is 13.9. The second-order valence-corrected chi connectivity index (χ2v) is 13.8. The molecule has 0 radical (unpaired) electrons. The monoisotopic (exact) mass is 420 g/mol. The average Bonchev–Trinajstić information content (AvgIpc) is 2.72. The van der Waals surface area contributed by atoms with Crippen molar-refractivity contribution in [2.24, 2.45) is 0 Å². The lowest BCUT2D eigenvalue weighted by Gasteiger charge is -2.16. The van der Waals surface area contributed by atoms with E-state index in [1.54, 1.807) is 12.1 Å². The van der Waals surface area contributed by atoms with E-state index in [1.807, 2.05) is 0 Å². The van der Waals surface area contributed by atoms with Gasteiger partial charge in [0.2, 0.25) is 0 Å². The summed E-state index contributed by atoms with van der Waals surface area (Å²) in [6.07, 6.45) is 33.8. The highest BCUT2D eigenvalue weighted by atomic mass is 28.2. The predicted molar refractivity (Wildman–Crippen MR) is 138 cm³/mol. The molecule has 0 saturated heterocycles. The molecule has 0 nitrogen and oxygen atoms in total. The Labute approximate surface area is 183 Å². The molecule has 0 atom stereocenters. The third-order valence-electron chi connectivity index (χ3n) is 6.49. The van der Waals surface area contributed by atoms with Crippen LogP contribution in [0.25, 0.3) is 0 Å². The molecular formula is C26H52Si2. The van der Waals surface area contributed by atoms with Gasteiger partial charge in [0, 0.05) is 19.0 Å². The first-order valence-electron chi connectivity index (χ1n) is 13.2. The minimum atomic E-state index is 0.0974. The SMILES string of the molecule is CCCCCCCCCC[SiH2]C1C=CC([SiH2]CCCCCCCCCC)C=C1. The van der Waals surface area contributed by atoms with Gasteiger partial charge in [-0.2, -0.15) is 0 Å². The Morgan fingerprint density at radius 3 is 1.04 bits per heavy atom. The van der Waals surface area contributed by atoms with Crippen molar-refractivity contribution in [1.82, 2.24) is 0 Å². The highest BCUT2D eigenvalue weighted by Gasteiger charge is 2.10. The molecule has 0 aromatic carbocycles. The molecule has 1 aliphatic carbocycles. The van der Waals surface area contributed by atoms with Crippen molar-refractivity contribution >= 4 is 19.0 Å². The molecule has 1 rings (SSSR count). The lowest BCUT2D eigenvalue weighted by molar-refractivity contribution is 0.584. The summed E-state index contributed by atoms with van der Waals surface area (Å²) in [5.41, 5.74) is 1.77. The summed E-state index contributed by atoms with van der Waals surface area (Å²) in [4.78, 5) is 0. The van der Waals surface area contributed by atoms with E-state index in [4.69, 9.17) is 0 Å². The Bertz CT molecular complexity index is 327. The van der Waals surface area contributed by atoms with Crippen molar-refractivity contribution in [1.29, 1.82) is 0 Å². The second-order valence-electron chi connectivity index (χ2n) is 9.33. The van der Waals surface area contributed by atoms with Gasteiger partial charge in [0.1, 0.15) is 0 Å². The number of hydrogen-bond acceptors (Lipinski definition) is 0. The van der Waals surface area contributed by atoms with E-state index in [0.717, 1.165) is 11.1 Å². The fraction of sp³-hybridized carbons (Fsp3) is 0.846. The van der Waals surface area contributed by atoms with Crippen LogP contribution in [-0.2, 0) is 0 Å². The van der Waals surface area contributed by atoms with Crippen LogP contribution < -0.4 is 0 Å². The molecule has 0 unspecified atom stereocenters. The van der Waals surface area contributed by atoms with E-state index in [1.165, 1.54) is 103 Å². The summed E-state index contributed by atoms with van der Waals surface area (Å²) in [5.74, 6) is 0. The molecule has 28 heavy (non-hydrogen) atoms. The lowest BCUT2D eigenvalue weighted by atomic mass is 10.1. The molecule has 0 saturated carbocycles. The van der Waals surface area contributed by atoms with E-state index in [9.17, 15) is 0 Å². The minimum Gasteiger partial charge on any atom is -0.0847 e. The Kier molecular flexibility index (Phi) is 18.7. The zero-order valence-electron chi connectivity index (χ0n) is 19.6. The number of allylic oxidation sites excluding steroid dienone is 4. The predicted octanol–water partition coefficient (Wildman–Crippen LogP) is 8.15. The van der Waals surface area contributed by atoms with Crippen molar-refractivity contribution in [2.75, 3.05) is 0 Å². The summed E-state index contributed by atoms with van der Waals surface area (Å²) in [6.45, 7) is 4.61. The van der Waals surface area contributed by atoms with E-state index in [-0.39, 0.29) is 19.0 Å². The van der Waals surface area contributed by atoms with Crippen LogP contribution in [0.15, 0.2) is 24.3 Å². The summed E-state index contributed by atoms with van der Waals surface area (Å²) < 4.78 is 0. The molecular weight excluding hydrogens is 368 g/mol. The number of unbranched alkanes of at least 4 members (excludes halogenated alkanes) is 14. The second kappa shape index (κ2) is 20.2. The molecule has 0 fully saturated rings. The summed E-state index contributed by atoms with van der Waals surface area (Å²) in [7, 11) is 0.195. The molecule has 2 heteroatoms. The van der Waals surface area contributed by atoms with Crippen LogP contribution in [0, 0.1) is 0 Å². The van der Waals surface area contributed by atoms with Crippen molar-refractivity contribution < 1.29 is 0 Å². The van der Waals surface area contributed by atoms with Gasteiger partial charge >= 0.3 is 0 Å². The van der Waals surface area contributed by atoms with Crippen LogP contribution in [0.5, 0.6) is 0 Å². The zero-order chi connectivity index (χ0) is 20.1. The Hall–Kier alpha value is -0.0862. The molecule has 0 aromatic heterocycles. The number of hydrogen-bond donors (Lipinski definition) is 0. The Morgan fingerprint density at radius 2 is 0.714 bits per heavy atom. The van der Waals surface area contributed by atoms with Gasteiger partial charge in [-0.25, -0.2) is 0 Å². The highest BCUT2D eigenvalue weighted by molar-refractivity contribution is 6.41. The van der Waals surface area contributed by atoms with Gasteiger partial charge in [0.05, 0.1) is 0 Å². The Morgan fingerprint density at radius 1 is 0.429 bits per heavy atom. The van der Waals surface area contributed by atoms with Crippen LogP contribution >= 0.6 is 0 Å². The molecule has 0 amide bonds. The van der Waals surface area contributed by atoms with Crippen LogP contribution in [-0.4, -0.2) is 19.0 Å². The van der Waals surface area contributed by atoms with Gasteiger partial charge in [-0.3, -0.25) is 0 Å². The first kappa shape index (κ1) is 25.9. The van der Waals surface area contributed by atoms with Crippen LogP contribution in [0.1, 0.15) is 117 Å². The number of rotatable bonds is 20. The van der Waals surface area contributed by atoms with Gasteiger partial charge in [-0.15, -0.1) is 0 Å². The van der Waals surface area contributed by atoms with Crippen molar-refractivity contribution in [3.8, 4) is 0 Å². The van der Waals surface area contributed by atoms with Crippen LogP contribution in [0.2, 0.25) is 23.2 Å². The summed E-state index contributed by atoms with van der Waals surface area (Å²) >= 11 is 0. The van der Waals surface area contributed by atoms with Crippen molar-refractivity contribution in [2.45, 2.75) is 140 Å². The topological polar surface area (TPSA) is 0 Å². The van der Waals surface area contributed by atoms with Crippen LogP contribution in [0.3, 0.4) is 0 Å². The Balaban J connectivity index is 1.88. The summed E-state index contributed by atoms with van der Waals surface area (Å²) in [6, 6.07) is 3.13. The molecule has 0 spiro atoms. The van der Waals surface area contributed by atoms with Gasteiger partial charge in [0.15, 0.2) is 0 Å². The molecule has 164 valence electrons. The molecule has 0 N–H and O–H groups in total. The van der Waals surface area contributed by atoms with Gasteiger partial charge in [-0.05, 0) is 11.1 Å². The van der Waals surface area contributed by atoms with E-state index >= 15 is 0 Å². The van der Waals surface area contributed by atoms with Gasteiger partial charge in [0.25, 0.3) is 0 Å². The fourth-order valence-corrected chi connectivity index (χ4v) is 8.09. The molecule has 1 aliphatic rings. The molecule has 0 heterocycles. The molecule has 0 aromatic rings. The zero-order valence-corrected chi connectivity index (χ0v) is 22.4. The highest BCUT2D eigenvalue weighted by Crippen LogP contribution is 2.24. The van der Waals surface area contributed by atoms with Gasteiger partial charge < -0.3 is 0 Å². The quantitative estimate of drug-likeness (QED) is 0.106. The lowest BCUT2D eigenvalue weighted by Crippen LogP contribution is -2.06. The third-order valence-corrected chi connectivity index (χ3v) is 10.7. The molecule has 0 aliphatic heterocycles. The maximum atomic E-state index is 2.60. The fourth-order valence-electron chi connectivity index (χ4n) is 4.47. The first-order valence-corrected chi connectivity index (χ1v) is 16.9. The van der Waals surface area contributed by atoms with Gasteiger partial charge in [-0.1, -0.05) is 153 Å².